The molecule has 2 aromatic carbocycles. The Bertz CT molecular complexity index is 1440. The molecule has 5 N–H and O–H groups in total. The molecule has 1 saturated heterocycles. The SMILES string of the molecule is COc1cccc2c1C(=O)c1c(O)c3c(c(O)c1C2=O)C[C@@](O)(C(=O)CO)C[C@@H]3O[C@H]1C[C@@H](N(C)C)[C@H](O)[C@H](C)O1. The first kappa shape index (κ1) is 29.1. The highest BCUT2D eigenvalue weighted by Crippen LogP contribution is 2.52. The molecule has 41 heavy (non-hydrogen) atoms. The number of methoxy groups -OCH3 is 1. The highest BCUT2D eigenvalue weighted by molar-refractivity contribution is 6.31. The largest absolute Gasteiger partial charge is 0.507 e. The zero-order valence-electron chi connectivity index (χ0n) is 23.1. The van der Waals surface area contributed by atoms with Crippen LogP contribution in [0.3, 0.4) is 0 Å². The number of aromatic hydroxyl groups is 2. The second kappa shape index (κ2) is 10.5. The van der Waals surface area contributed by atoms with Crippen molar-refractivity contribution in [3.8, 4) is 17.2 Å². The molecule has 0 bridgehead atoms. The summed E-state index contributed by atoms with van der Waals surface area (Å²) >= 11 is 0. The van der Waals surface area contributed by atoms with E-state index in [0.29, 0.717) is 0 Å². The second-order valence-electron chi connectivity index (χ2n) is 11.0. The monoisotopic (exact) mass is 571 g/mol. The molecular formula is C29H33NO11. The Kier molecular flexibility index (Phi) is 7.43. The van der Waals surface area contributed by atoms with E-state index in [9.17, 15) is 39.9 Å². The molecule has 2 aliphatic carbocycles. The second-order valence-corrected chi connectivity index (χ2v) is 11.0. The van der Waals surface area contributed by atoms with Crippen LogP contribution in [0.25, 0.3) is 0 Å². The van der Waals surface area contributed by atoms with E-state index in [4.69, 9.17) is 14.2 Å². The van der Waals surface area contributed by atoms with Gasteiger partial charge in [-0.15, -0.1) is 0 Å². The number of ether oxygens (including phenoxy) is 3. The normalized spacial score (nSPS) is 29.1. The van der Waals surface area contributed by atoms with E-state index in [1.807, 2.05) is 0 Å². The molecule has 0 saturated carbocycles. The molecule has 220 valence electrons. The van der Waals surface area contributed by atoms with Crippen LogP contribution in [0, 0.1) is 0 Å². The Labute approximate surface area is 235 Å². The van der Waals surface area contributed by atoms with Gasteiger partial charge >= 0.3 is 0 Å². The number of hydrogen-bond donors (Lipinski definition) is 5. The van der Waals surface area contributed by atoms with Crippen LogP contribution in [0.2, 0.25) is 0 Å². The Morgan fingerprint density at radius 1 is 1.12 bits per heavy atom. The first-order chi connectivity index (χ1) is 19.3. The number of nitrogens with zero attached hydrogens (tertiary/aromatic N) is 1. The van der Waals surface area contributed by atoms with Gasteiger partial charge in [0.05, 0.1) is 42.1 Å². The predicted molar refractivity (Wildman–Crippen MR) is 141 cm³/mol. The average molecular weight is 572 g/mol. The number of fused-ring (bicyclic) bond motifs is 3. The van der Waals surface area contributed by atoms with Crippen LogP contribution in [-0.2, 0) is 20.7 Å². The lowest BCUT2D eigenvalue weighted by atomic mass is 9.72. The Hall–Kier alpha value is -3.39. The lowest BCUT2D eigenvalue weighted by molar-refractivity contribution is -0.256. The number of Topliss-reactive ketones (excluding diaryl/α,β-unsaturated/α-hetero) is 1. The molecule has 0 aromatic heterocycles. The van der Waals surface area contributed by atoms with Gasteiger partial charge in [0.2, 0.25) is 5.78 Å². The van der Waals surface area contributed by atoms with E-state index in [1.54, 1.807) is 25.9 Å². The van der Waals surface area contributed by atoms with Crippen LogP contribution in [0.4, 0.5) is 0 Å². The van der Waals surface area contributed by atoms with Gasteiger partial charge in [0.25, 0.3) is 0 Å². The van der Waals surface area contributed by atoms with Gasteiger partial charge in [-0.1, -0.05) is 12.1 Å². The van der Waals surface area contributed by atoms with Gasteiger partial charge < -0.3 is 44.6 Å². The molecule has 6 atom stereocenters. The van der Waals surface area contributed by atoms with Crippen molar-refractivity contribution in [3.63, 3.8) is 0 Å². The molecule has 12 heteroatoms. The predicted octanol–water partition coefficient (Wildman–Crippen LogP) is 0.604. The van der Waals surface area contributed by atoms with Crippen molar-refractivity contribution in [2.24, 2.45) is 0 Å². The molecule has 0 amide bonds. The standard InChI is InChI=1S/C29H33NO11/c1-12-24(33)15(30(2)3)8-19(40-12)41-17-10-29(38,18(32)11-31)9-14-21(17)28(37)23-22(26(14)35)25(34)13-6-5-7-16(39-4)20(13)27(23)36/h5-7,12,15,17,19,24,31,33,35,37-38H,8-11H2,1-4H3/t12-,15+,17-,19-,24+,29-/m0/s1. The van der Waals surface area contributed by atoms with Crippen LogP contribution in [-0.4, -0.2) is 106 Å². The molecule has 5 rings (SSSR count). The minimum atomic E-state index is -2.23. The number of likely N-dealkylation sites (N-methyl/N-ethyl adjacent to an activating group) is 1. The summed E-state index contributed by atoms with van der Waals surface area (Å²) in [6.45, 7) is 0.651. The summed E-state index contributed by atoms with van der Waals surface area (Å²) in [6.07, 6.45) is -4.61. The number of carbonyl (C=O) groups is 3. The first-order valence-electron chi connectivity index (χ1n) is 13.2. The van der Waals surface area contributed by atoms with Gasteiger partial charge in [-0.2, -0.15) is 0 Å². The van der Waals surface area contributed by atoms with E-state index in [2.05, 4.69) is 0 Å². The number of aliphatic hydroxyl groups excluding tert-OH is 2. The van der Waals surface area contributed by atoms with Gasteiger partial charge in [0, 0.05) is 42.0 Å². The topological polar surface area (TPSA) is 183 Å². The number of ketones is 3. The lowest BCUT2D eigenvalue weighted by Crippen LogP contribution is -2.54. The average Bonchev–Trinajstić information content (AvgIpc) is 2.94. The van der Waals surface area contributed by atoms with Crippen molar-refractivity contribution in [1.29, 1.82) is 0 Å². The summed E-state index contributed by atoms with van der Waals surface area (Å²) in [5, 5.41) is 54.5. The lowest BCUT2D eigenvalue weighted by Gasteiger charge is -2.44. The van der Waals surface area contributed by atoms with Gasteiger partial charge in [-0.05, 0) is 27.1 Å². The fraction of sp³-hybridized carbons (Fsp3) is 0.483. The maximum atomic E-state index is 13.7. The summed E-state index contributed by atoms with van der Waals surface area (Å²) in [5.74, 6) is -3.68. The fourth-order valence-electron chi connectivity index (χ4n) is 6.21. The maximum absolute atomic E-state index is 13.7. The first-order valence-corrected chi connectivity index (χ1v) is 13.2. The number of hydrogen-bond acceptors (Lipinski definition) is 12. The molecule has 12 nitrogen and oxygen atoms in total. The molecule has 2 aromatic rings. The van der Waals surface area contributed by atoms with Crippen molar-refractivity contribution in [2.75, 3.05) is 27.8 Å². The third-order valence-corrected chi connectivity index (χ3v) is 8.39. The van der Waals surface area contributed by atoms with E-state index in [1.165, 1.54) is 25.3 Å². The van der Waals surface area contributed by atoms with Crippen LogP contribution in [0.1, 0.15) is 68.8 Å². The summed E-state index contributed by atoms with van der Waals surface area (Å²) < 4.78 is 17.3. The van der Waals surface area contributed by atoms with E-state index in [0.717, 1.165) is 0 Å². The molecule has 0 spiro atoms. The third-order valence-electron chi connectivity index (χ3n) is 8.39. The molecule has 1 fully saturated rings. The Morgan fingerprint density at radius 3 is 2.44 bits per heavy atom. The highest BCUT2D eigenvalue weighted by atomic mass is 16.7. The summed E-state index contributed by atoms with van der Waals surface area (Å²) in [4.78, 5) is 41.8. The number of aliphatic hydroxyl groups is 3. The van der Waals surface area contributed by atoms with Crippen LogP contribution in [0.15, 0.2) is 18.2 Å². The quantitative estimate of drug-likeness (QED) is 0.260. The van der Waals surface area contributed by atoms with Crippen LogP contribution >= 0.6 is 0 Å². The molecule has 0 unspecified atom stereocenters. The number of phenols is 2. The molecule has 0 radical (unpaired) electrons. The highest BCUT2D eigenvalue weighted by Gasteiger charge is 2.50. The summed E-state index contributed by atoms with van der Waals surface area (Å²) in [5.41, 5.74) is -3.51. The van der Waals surface area contributed by atoms with Crippen molar-refractivity contribution in [3.05, 3.63) is 51.6 Å². The van der Waals surface area contributed by atoms with Gasteiger partial charge in [-0.3, -0.25) is 14.4 Å². The number of carbonyl (C=O) groups excluding carboxylic acids is 3. The van der Waals surface area contributed by atoms with Gasteiger partial charge in [0.15, 0.2) is 17.9 Å². The van der Waals surface area contributed by atoms with E-state index in [-0.39, 0.29) is 40.5 Å². The number of phenolic OH excluding ortho intramolecular Hbond substituents is 2. The molecule has 1 heterocycles. The third kappa shape index (κ3) is 4.51. The van der Waals surface area contributed by atoms with Crippen molar-refractivity contribution in [1.82, 2.24) is 4.90 Å². The zero-order chi connectivity index (χ0) is 30.0. The molecule has 1 aliphatic heterocycles. The van der Waals surface area contributed by atoms with Gasteiger partial charge in [-0.25, -0.2) is 0 Å². The van der Waals surface area contributed by atoms with Crippen molar-refractivity contribution in [2.45, 2.75) is 62.4 Å². The minimum Gasteiger partial charge on any atom is -0.507 e. The molecular weight excluding hydrogens is 538 g/mol. The summed E-state index contributed by atoms with van der Waals surface area (Å²) in [6, 6.07) is 4.02. The maximum Gasteiger partial charge on any atom is 0.202 e. The van der Waals surface area contributed by atoms with Crippen LogP contribution in [0.5, 0.6) is 17.2 Å². The van der Waals surface area contributed by atoms with Crippen LogP contribution < -0.4 is 4.74 Å². The van der Waals surface area contributed by atoms with Gasteiger partial charge in [0.1, 0.15) is 29.5 Å². The minimum absolute atomic E-state index is 0.0420. The van der Waals surface area contributed by atoms with E-state index >= 15 is 0 Å². The Balaban J connectivity index is 1.67. The number of benzene rings is 2. The van der Waals surface area contributed by atoms with Crippen molar-refractivity contribution < 1.29 is 54.1 Å². The Morgan fingerprint density at radius 2 is 1.80 bits per heavy atom. The fourth-order valence-corrected chi connectivity index (χ4v) is 6.21. The van der Waals surface area contributed by atoms with Crippen molar-refractivity contribution >= 4 is 17.3 Å². The molecule has 3 aliphatic rings. The number of rotatable bonds is 6. The van der Waals surface area contributed by atoms with E-state index < -0.39 is 89.6 Å². The zero-order valence-corrected chi connectivity index (χ0v) is 23.1. The smallest absolute Gasteiger partial charge is 0.202 e. The summed E-state index contributed by atoms with van der Waals surface area (Å²) in [7, 11) is 4.89.